The van der Waals surface area contributed by atoms with Crippen LogP contribution in [0.3, 0.4) is 0 Å². The third kappa shape index (κ3) is 6.22. The van der Waals surface area contributed by atoms with Gasteiger partial charge in [0, 0.05) is 45.2 Å². The third-order valence-electron chi connectivity index (χ3n) is 5.71. The van der Waals surface area contributed by atoms with Crippen LogP contribution in [0.5, 0.6) is 0 Å². The summed E-state index contributed by atoms with van der Waals surface area (Å²) < 4.78 is 24.5. The number of carbonyl (C=O) groups is 1. The van der Waals surface area contributed by atoms with Crippen molar-refractivity contribution in [3.63, 3.8) is 0 Å². The molecule has 146 valence electrons. The number of likely N-dealkylation sites (N-methyl/N-ethyl adjacent to an activating group) is 1. The summed E-state index contributed by atoms with van der Waals surface area (Å²) in [5, 5.41) is 2.76. The van der Waals surface area contributed by atoms with Gasteiger partial charge in [0.05, 0.1) is 11.0 Å². The van der Waals surface area contributed by atoms with Gasteiger partial charge < -0.3 is 10.2 Å². The molecule has 0 aromatic heterocycles. The molecule has 1 aliphatic carbocycles. The summed E-state index contributed by atoms with van der Waals surface area (Å²) in [5.41, 5.74) is 0. The fourth-order valence-electron chi connectivity index (χ4n) is 3.90. The zero-order chi connectivity index (χ0) is 18.4. The average molecular weight is 374 g/mol. The first kappa shape index (κ1) is 20.6. The van der Waals surface area contributed by atoms with Crippen LogP contribution in [0.25, 0.3) is 0 Å². The highest BCUT2D eigenvalue weighted by atomic mass is 32.2. The quantitative estimate of drug-likeness (QED) is 0.690. The van der Waals surface area contributed by atoms with E-state index >= 15 is 0 Å². The van der Waals surface area contributed by atoms with E-state index in [2.05, 4.69) is 36.0 Å². The van der Waals surface area contributed by atoms with Crippen LogP contribution in [0.1, 0.15) is 46.0 Å². The van der Waals surface area contributed by atoms with Crippen LogP contribution in [0.4, 0.5) is 0 Å². The summed E-state index contributed by atoms with van der Waals surface area (Å²) in [6.07, 6.45) is 3.62. The Balaban J connectivity index is 1.76. The lowest BCUT2D eigenvalue weighted by Gasteiger charge is -2.39. The van der Waals surface area contributed by atoms with E-state index in [-0.39, 0.29) is 23.3 Å². The van der Waals surface area contributed by atoms with E-state index in [1.54, 1.807) is 0 Å². The van der Waals surface area contributed by atoms with Crippen molar-refractivity contribution in [3.8, 4) is 0 Å². The van der Waals surface area contributed by atoms with Crippen LogP contribution >= 0.6 is 0 Å². The third-order valence-corrected chi connectivity index (χ3v) is 7.97. The van der Waals surface area contributed by atoms with Crippen LogP contribution in [-0.4, -0.2) is 80.9 Å². The number of amides is 1. The molecule has 2 rings (SSSR count). The number of rotatable bonds is 8. The number of carbonyl (C=O) groups excluding carboxylic acids is 1. The number of hydrogen-bond acceptors (Lipinski definition) is 5. The van der Waals surface area contributed by atoms with Crippen molar-refractivity contribution in [1.29, 1.82) is 0 Å². The summed E-state index contributed by atoms with van der Waals surface area (Å²) in [6.45, 7) is 9.10. The van der Waals surface area contributed by atoms with E-state index in [9.17, 15) is 13.2 Å². The Morgan fingerprint density at radius 1 is 1.12 bits per heavy atom. The second-order valence-electron chi connectivity index (χ2n) is 7.98. The van der Waals surface area contributed by atoms with Gasteiger partial charge >= 0.3 is 0 Å². The van der Waals surface area contributed by atoms with Crippen molar-refractivity contribution in [2.24, 2.45) is 5.92 Å². The monoisotopic (exact) mass is 373 g/mol. The van der Waals surface area contributed by atoms with E-state index in [1.165, 1.54) is 0 Å². The molecule has 25 heavy (non-hydrogen) atoms. The Hall–Kier alpha value is -0.660. The molecule has 1 unspecified atom stereocenters. The molecule has 0 aromatic rings. The number of nitrogens with zero attached hydrogens (tertiary/aromatic N) is 2. The Kier molecular flexibility index (Phi) is 7.70. The maximum absolute atomic E-state index is 12.3. The Morgan fingerprint density at radius 2 is 1.72 bits per heavy atom. The molecule has 1 N–H and O–H groups in total. The van der Waals surface area contributed by atoms with E-state index in [1.807, 2.05) is 0 Å². The lowest BCUT2D eigenvalue weighted by Crippen LogP contribution is -2.54. The highest BCUT2D eigenvalue weighted by Crippen LogP contribution is 2.25. The molecule has 0 spiro atoms. The average Bonchev–Trinajstić information content (AvgIpc) is 3.10. The van der Waals surface area contributed by atoms with Crippen molar-refractivity contribution in [3.05, 3.63) is 0 Å². The Morgan fingerprint density at radius 3 is 2.28 bits per heavy atom. The lowest BCUT2D eigenvalue weighted by molar-refractivity contribution is -0.121. The molecule has 7 heteroatoms. The number of nitrogens with one attached hydrogen (secondary N) is 1. The summed E-state index contributed by atoms with van der Waals surface area (Å²) >= 11 is 0. The first-order valence-electron chi connectivity index (χ1n) is 9.70. The predicted octanol–water partition coefficient (Wildman–Crippen LogP) is 1.12. The van der Waals surface area contributed by atoms with Gasteiger partial charge in [0.25, 0.3) is 0 Å². The SMILES string of the molecule is CC(C)C(CNC(=O)CCS(=O)(=O)C1CCCC1)N1CCN(C)CC1. The number of sulfone groups is 1. The normalized spacial score (nSPS) is 22.4. The molecule has 0 radical (unpaired) electrons. The first-order chi connectivity index (χ1) is 11.8. The van der Waals surface area contributed by atoms with Gasteiger partial charge in [0.15, 0.2) is 9.84 Å². The van der Waals surface area contributed by atoms with Crippen LogP contribution in [0.2, 0.25) is 0 Å². The number of piperazine rings is 1. The summed E-state index contributed by atoms with van der Waals surface area (Å²) in [7, 11) is -0.980. The van der Waals surface area contributed by atoms with Gasteiger partial charge in [-0.25, -0.2) is 8.42 Å². The molecule has 2 aliphatic rings. The predicted molar refractivity (Wildman–Crippen MR) is 101 cm³/mol. The van der Waals surface area contributed by atoms with E-state index in [0.717, 1.165) is 51.9 Å². The maximum Gasteiger partial charge on any atom is 0.221 e. The van der Waals surface area contributed by atoms with Crippen molar-refractivity contribution in [2.45, 2.75) is 57.2 Å². The van der Waals surface area contributed by atoms with Crippen LogP contribution in [0.15, 0.2) is 0 Å². The molecular weight excluding hydrogens is 338 g/mol. The van der Waals surface area contributed by atoms with Gasteiger partial charge in [0.1, 0.15) is 0 Å². The molecule has 1 atom stereocenters. The van der Waals surface area contributed by atoms with Gasteiger partial charge in [-0.2, -0.15) is 0 Å². The Labute approximate surface area is 153 Å². The molecule has 1 saturated heterocycles. The van der Waals surface area contributed by atoms with Gasteiger partial charge in [-0.1, -0.05) is 26.7 Å². The standard InChI is InChI=1S/C18H35N3O3S/c1-15(2)17(21-11-9-20(3)10-12-21)14-19-18(22)8-13-25(23,24)16-6-4-5-7-16/h15-17H,4-14H2,1-3H3,(H,19,22). The van der Waals surface area contributed by atoms with Crippen molar-refractivity contribution in [1.82, 2.24) is 15.1 Å². The highest BCUT2D eigenvalue weighted by molar-refractivity contribution is 7.92. The molecule has 1 heterocycles. The molecular formula is C18H35N3O3S. The zero-order valence-electron chi connectivity index (χ0n) is 16.0. The minimum absolute atomic E-state index is 0.00957. The van der Waals surface area contributed by atoms with E-state index in [0.29, 0.717) is 18.5 Å². The van der Waals surface area contributed by atoms with E-state index < -0.39 is 9.84 Å². The molecule has 0 aromatic carbocycles. The molecule has 2 fully saturated rings. The molecule has 1 amide bonds. The van der Waals surface area contributed by atoms with Gasteiger partial charge in [-0.3, -0.25) is 9.69 Å². The minimum atomic E-state index is -3.11. The lowest BCUT2D eigenvalue weighted by atomic mass is 10.0. The maximum atomic E-state index is 12.3. The largest absolute Gasteiger partial charge is 0.354 e. The van der Waals surface area contributed by atoms with Crippen LogP contribution < -0.4 is 5.32 Å². The second kappa shape index (κ2) is 9.33. The zero-order valence-corrected chi connectivity index (χ0v) is 16.9. The summed E-state index contributed by atoms with van der Waals surface area (Å²) in [6, 6.07) is 0.309. The van der Waals surface area contributed by atoms with Crippen molar-refractivity contribution < 1.29 is 13.2 Å². The minimum Gasteiger partial charge on any atom is -0.354 e. The topological polar surface area (TPSA) is 69.7 Å². The smallest absolute Gasteiger partial charge is 0.221 e. The fourth-order valence-corrected chi connectivity index (χ4v) is 5.75. The summed E-state index contributed by atoms with van der Waals surface area (Å²) in [4.78, 5) is 16.9. The van der Waals surface area contributed by atoms with Crippen LogP contribution in [-0.2, 0) is 14.6 Å². The van der Waals surface area contributed by atoms with E-state index in [4.69, 9.17) is 0 Å². The van der Waals surface area contributed by atoms with Crippen LogP contribution in [0, 0.1) is 5.92 Å². The van der Waals surface area contributed by atoms with Gasteiger partial charge in [-0.05, 0) is 25.8 Å². The van der Waals surface area contributed by atoms with Gasteiger partial charge in [-0.15, -0.1) is 0 Å². The summed E-state index contributed by atoms with van der Waals surface area (Å²) in [5.74, 6) is 0.303. The molecule has 0 bridgehead atoms. The van der Waals surface area contributed by atoms with Gasteiger partial charge in [0.2, 0.25) is 5.91 Å². The molecule has 1 aliphatic heterocycles. The molecule has 6 nitrogen and oxygen atoms in total. The first-order valence-corrected chi connectivity index (χ1v) is 11.4. The molecule has 1 saturated carbocycles. The van der Waals surface area contributed by atoms with Crippen molar-refractivity contribution in [2.75, 3.05) is 45.5 Å². The Bertz CT molecular complexity index is 522. The fraction of sp³-hybridized carbons (Fsp3) is 0.944. The second-order valence-corrected chi connectivity index (χ2v) is 10.4. The number of hydrogen-bond donors (Lipinski definition) is 1. The van der Waals surface area contributed by atoms with Crippen molar-refractivity contribution >= 4 is 15.7 Å². The highest BCUT2D eigenvalue weighted by Gasteiger charge is 2.29.